The molecule has 0 saturated heterocycles. The van der Waals surface area contributed by atoms with Gasteiger partial charge in [0.1, 0.15) is 10.5 Å². The number of rotatable bonds is 3. The lowest BCUT2D eigenvalue weighted by atomic mass is 9.79. The van der Waals surface area contributed by atoms with Crippen LogP contribution in [-0.2, 0) is 6.42 Å². The lowest BCUT2D eigenvalue weighted by Gasteiger charge is -2.26. The Morgan fingerprint density at radius 1 is 1.35 bits per heavy atom. The highest BCUT2D eigenvalue weighted by Crippen LogP contribution is 2.37. The maximum Gasteiger partial charge on any atom is 0.133 e. The molecule has 1 fully saturated rings. The molecule has 1 aliphatic rings. The van der Waals surface area contributed by atoms with Crippen LogP contribution in [0.3, 0.4) is 0 Å². The average Bonchev–Trinajstić information content (AvgIpc) is 2.40. The predicted molar refractivity (Wildman–Crippen MR) is 85.6 cm³/mol. The van der Waals surface area contributed by atoms with Crippen LogP contribution >= 0.6 is 12.2 Å². The highest BCUT2D eigenvalue weighted by Gasteiger charge is 2.19. The maximum atomic E-state index is 5.38. The van der Waals surface area contributed by atoms with Crippen molar-refractivity contribution >= 4 is 12.2 Å². The molecule has 3 rings (SSSR count). The van der Waals surface area contributed by atoms with Crippen molar-refractivity contribution in [3.05, 3.63) is 45.9 Å². The van der Waals surface area contributed by atoms with Gasteiger partial charge in [-0.25, -0.2) is 4.98 Å². The van der Waals surface area contributed by atoms with Gasteiger partial charge in [0.2, 0.25) is 0 Å². The second-order valence-electron chi connectivity index (χ2n) is 5.60. The smallest absolute Gasteiger partial charge is 0.133 e. The third-order valence-corrected chi connectivity index (χ3v) is 4.69. The van der Waals surface area contributed by atoms with Crippen LogP contribution in [0.15, 0.2) is 24.3 Å². The summed E-state index contributed by atoms with van der Waals surface area (Å²) in [6.45, 7) is 4.15. The molecule has 2 nitrogen and oxygen atoms in total. The van der Waals surface area contributed by atoms with E-state index >= 15 is 0 Å². The van der Waals surface area contributed by atoms with Crippen LogP contribution in [0.5, 0.6) is 0 Å². The largest absolute Gasteiger partial charge is 0.343 e. The van der Waals surface area contributed by atoms with E-state index in [0.717, 1.165) is 29.4 Å². The van der Waals surface area contributed by atoms with Crippen LogP contribution in [0, 0.1) is 11.6 Å². The van der Waals surface area contributed by atoms with E-state index < -0.39 is 0 Å². The first kappa shape index (κ1) is 13.5. The van der Waals surface area contributed by atoms with Crippen LogP contribution in [0.25, 0.3) is 11.3 Å². The summed E-state index contributed by atoms with van der Waals surface area (Å²) < 4.78 is 0.713. The normalized spacial score (nSPS) is 15.1. The number of aryl methyl sites for hydroxylation is 1. The van der Waals surface area contributed by atoms with E-state index in [2.05, 4.69) is 48.1 Å². The molecule has 0 aliphatic heterocycles. The fraction of sp³-hybridized carbons (Fsp3) is 0.412. The Morgan fingerprint density at radius 3 is 2.80 bits per heavy atom. The average molecular weight is 284 g/mol. The number of aromatic amines is 1. The van der Waals surface area contributed by atoms with Crippen molar-refractivity contribution in [2.24, 2.45) is 0 Å². The highest BCUT2D eigenvalue weighted by molar-refractivity contribution is 7.71. The van der Waals surface area contributed by atoms with Crippen molar-refractivity contribution in [1.82, 2.24) is 9.97 Å². The van der Waals surface area contributed by atoms with Gasteiger partial charge in [-0.15, -0.1) is 0 Å². The van der Waals surface area contributed by atoms with Gasteiger partial charge in [-0.05, 0) is 42.9 Å². The van der Waals surface area contributed by atoms with Gasteiger partial charge < -0.3 is 4.98 Å². The number of hydrogen-bond donors (Lipinski definition) is 1. The molecule has 20 heavy (non-hydrogen) atoms. The zero-order valence-corrected chi connectivity index (χ0v) is 12.9. The molecule has 0 unspecified atom stereocenters. The molecule has 104 valence electrons. The molecule has 1 aromatic carbocycles. The minimum Gasteiger partial charge on any atom is -0.343 e. The Kier molecular flexibility index (Phi) is 3.70. The lowest BCUT2D eigenvalue weighted by molar-refractivity contribution is 0.420. The highest BCUT2D eigenvalue weighted by atomic mass is 32.1. The molecule has 0 radical (unpaired) electrons. The van der Waals surface area contributed by atoms with Gasteiger partial charge in [0, 0.05) is 12.0 Å². The Balaban J connectivity index is 2.08. The molecular formula is C17H20N2S. The molecule has 1 aromatic heterocycles. The van der Waals surface area contributed by atoms with Crippen LogP contribution in [0.4, 0.5) is 0 Å². The standard InChI is InChI=1S/C17H20N2S/c1-3-15-18-16(11(2)17(20)19-15)14-9-5-8-13(10-14)12-6-4-7-12/h5,8-10,12H,3-4,6-7H2,1-2H3,(H,18,19,20). The molecule has 1 N–H and O–H groups in total. The van der Waals surface area contributed by atoms with Crippen molar-refractivity contribution in [3.8, 4) is 11.3 Å². The number of hydrogen-bond acceptors (Lipinski definition) is 2. The Morgan fingerprint density at radius 2 is 2.15 bits per heavy atom. The zero-order chi connectivity index (χ0) is 14.1. The second kappa shape index (κ2) is 5.49. The molecule has 0 atom stereocenters. The van der Waals surface area contributed by atoms with Crippen LogP contribution in [0.1, 0.15) is 49.1 Å². The summed E-state index contributed by atoms with van der Waals surface area (Å²) in [5.74, 6) is 1.72. The van der Waals surface area contributed by atoms with E-state index in [4.69, 9.17) is 12.2 Å². The number of H-pyrrole nitrogens is 1. The minimum atomic E-state index is 0.713. The number of nitrogens with one attached hydrogen (secondary N) is 1. The fourth-order valence-corrected chi connectivity index (χ4v) is 2.94. The van der Waals surface area contributed by atoms with Gasteiger partial charge in [-0.2, -0.15) is 0 Å². The molecule has 2 aromatic rings. The van der Waals surface area contributed by atoms with Gasteiger partial charge >= 0.3 is 0 Å². The topological polar surface area (TPSA) is 28.7 Å². The summed E-state index contributed by atoms with van der Waals surface area (Å²) >= 11 is 5.38. The summed E-state index contributed by atoms with van der Waals surface area (Å²) in [7, 11) is 0. The molecule has 0 amide bonds. The molecule has 1 heterocycles. The number of nitrogens with zero attached hydrogens (tertiary/aromatic N) is 1. The maximum absolute atomic E-state index is 5.38. The number of aromatic nitrogens is 2. The molecule has 0 bridgehead atoms. The van der Waals surface area contributed by atoms with E-state index in [0.29, 0.717) is 4.64 Å². The van der Waals surface area contributed by atoms with Gasteiger partial charge in [-0.1, -0.05) is 43.8 Å². The van der Waals surface area contributed by atoms with E-state index in [1.165, 1.54) is 30.4 Å². The van der Waals surface area contributed by atoms with Crippen LogP contribution < -0.4 is 0 Å². The first-order valence-corrected chi connectivity index (χ1v) is 7.80. The monoisotopic (exact) mass is 284 g/mol. The molecule has 0 spiro atoms. The molecular weight excluding hydrogens is 264 g/mol. The minimum absolute atomic E-state index is 0.713. The molecule has 1 saturated carbocycles. The van der Waals surface area contributed by atoms with Gasteiger partial charge in [-0.3, -0.25) is 0 Å². The van der Waals surface area contributed by atoms with Gasteiger partial charge in [0.05, 0.1) is 5.69 Å². The Hall–Kier alpha value is -1.48. The SMILES string of the molecule is CCc1nc(=S)c(C)c(-c2cccc(C3CCC3)c2)[nH]1. The van der Waals surface area contributed by atoms with Gasteiger partial charge in [0.25, 0.3) is 0 Å². The predicted octanol–water partition coefficient (Wildman–Crippen LogP) is 4.94. The van der Waals surface area contributed by atoms with Crippen LogP contribution in [0.2, 0.25) is 0 Å². The fourth-order valence-electron chi connectivity index (χ4n) is 2.73. The summed E-state index contributed by atoms with van der Waals surface area (Å²) in [4.78, 5) is 7.87. The van der Waals surface area contributed by atoms with Gasteiger partial charge in [0.15, 0.2) is 0 Å². The summed E-state index contributed by atoms with van der Waals surface area (Å²) in [6, 6.07) is 8.89. The Bertz CT molecular complexity index is 684. The molecule has 1 aliphatic carbocycles. The van der Waals surface area contributed by atoms with Crippen molar-refractivity contribution < 1.29 is 0 Å². The summed E-state index contributed by atoms with van der Waals surface area (Å²) in [5, 5.41) is 0. The molecule has 3 heteroatoms. The van der Waals surface area contributed by atoms with E-state index in [1.807, 2.05) is 0 Å². The second-order valence-corrected chi connectivity index (χ2v) is 5.98. The Labute approximate surface area is 125 Å². The van der Waals surface area contributed by atoms with E-state index in [1.54, 1.807) is 0 Å². The van der Waals surface area contributed by atoms with Crippen LogP contribution in [-0.4, -0.2) is 9.97 Å². The lowest BCUT2D eigenvalue weighted by Crippen LogP contribution is -2.08. The first-order chi connectivity index (χ1) is 9.69. The van der Waals surface area contributed by atoms with Crippen molar-refractivity contribution in [2.45, 2.75) is 45.4 Å². The quantitative estimate of drug-likeness (QED) is 0.808. The van der Waals surface area contributed by atoms with E-state index in [-0.39, 0.29) is 0 Å². The summed E-state index contributed by atoms with van der Waals surface area (Å²) in [5.41, 5.74) is 4.89. The first-order valence-electron chi connectivity index (χ1n) is 7.39. The third kappa shape index (κ3) is 2.42. The summed E-state index contributed by atoms with van der Waals surface area (Å²) in [6.07, 6.45) is 4.90. The van der Waals surface area contributed by atoms with Crippen molar-refractivity contribution in [2.75, 3.05) is 0 Å². The third-order valence-electron chi connectivity index (χ3n) is 4.29. The number of benzene rings is 1. The van der Waals surface area contributed by atoms with E-state index in [9.17, 15) is 0 Å². The van der Waals surface area contributed by atoms with Crippen molar-refractivity contribution in [1.29, 1.82) is 0 Å². The van der Waals surface area contributed by atoms with Crippen molar-refractivity contribution in [3.63, 3.8) is 0 Å². The zero-order valence-electron chi connectivity index (χ0n) is 12.1.